The standard InChI is InChI=1S/C27H32N2O2S/c1-18-7-8-23-22(13-18)14-24(32-23)26(30)28-16-19-9-11-29(12-10-19)17-21-6-4-5-20-15-27(2,3)31-25(20)21/h4-8,13-14,19H,9-12,15-17H2,1-3H3,(H,28,30). The number of nitrogens with zero attached hydrogens (tertiary/aromatic N) is 1. The molecule has 0 spiro atoms. The van der Waals surface area contributed by atoms with Gasteiger partial charge >= 0.3 is 0 Å². The smallest absolute Gasteiger partial charge is 0.261 e. The lowest BCUT2D eigenvalue weighted by molar-refractivity contribution is 0.0938. The van der Waals surface area contributed by atoms with Gasteiger partial charge in [-0.25, -0.2) is 0 Å². The van der Waals surface area contributed by atoms with Gasteiger partial charge in [-0.1, -0.05) is 35.9 Å². The Morgan fingerprint density at radius 2 is 2.00 bits per heavy atom. The molecule has 2 aliphatic rings. The minimum Gasteiger partial charge on any atom is -0.487 e. The van der Waals surface area contributed by atoms with Crippen LogP contribution in [0, 0.1) is 12.8 Å². The third-order valence-corrected chi connectivity index (χ3v) is 7.84. The fourth-order valence-corrected chi connectivity index (χ4v) is 5.95. The van der Waals surface area contributed by atoms with Gasteiger partial charge in [0.1, 0.15) is 11.4 Å². The molecule has 1 saturated heterocycles. The highest BCUT2D eigenvalue weighted by molar-refractivity contribution is 7.20. The quantitative estimate of drug-likeness (QED) is 0.555. The second kappa shape index (κ2) is 8.53. The van der Waals surface area contributed by atoms with Crippen LogP contribution in [0.2, 0.25) is 0 Å². The van der Waals surface area contributed by atoms with Gasteiger partial charge in [0.25, 0.3) is 5.91 Å². The minimum atomic E-state index is -0.100. The average Bonchev–Trinajstić information content (AvgIpc) is 3.32. The first kappa shape index (κ1) is 21.5. The predicted molar refractivity (Wildman–Crippen MR) is 132 cm³/mol. The van der Waals surface area contributed by atoms with Gasteiger partial charge in [0.05, 0.1) is 4.88 Å². The van der Waals surface area contributed by atoms with E-state index in [1.165, 1.54) is 21.4 Å². The lowest BCUT2D eigenvalue weighted by Gasteiger charge is -2.32. The minimum absolute atomic E-state index is 0.0610. The summed E-state index contributed by atoms with van der Waals surface area (Å²) >= 11 is 1.58. The average molecular weight is 449 g/mol. The molecule has 0 saturated carbocycles. The maximum Gasteiger partial charge on any atom is 0.261 e. The van der Waals surface area contributed by atoms with Crippen LogP contribution in [0.3, 0.4) is 0 Å². The molecule has 0 unspecified atom stereocenters. The largest absolute Gasteiger partial charge is 0.487 e. The van der Waals surface area contributed by atoms with Crippen molar-refractivity contribution in [2.45, 2.75) is 52.2 Å². The lowest BCUT2D eigenvalue weighted by atomic mass is 9.96. The van der Waals surface area contributed by atoms with E-state index in [1.54, 1.807) is 11.3 Å². The molecule has 1 amide bonds. The van der Waals surface area contributed by atoms with Crippen LogP contribution in [-0.4, -0.2) is 36.0 Å². The first-order valence-corrected chi connectivity index (χ1v) is 12.5. The molecule has 168 valence electrons. The molecule has 4 nitrogen and oxygen atoms in total. The number of hydrogen-bond acceptors (Lipinski definition) is 4. The van der Waals surface area contributed by atoms with Crippen molar-refractivity contribution in [2.24, 2.45) is 5.92 Å². The van der Waals surface area contributed by atoms with Crippen LogP contribution in [0.4, 0.5) is 0 Å². The zero-order valence-corrected chi connectivity index (χ0v) is 20.1. The molecule has 3 aromatic rings. The van der Waals surface area contributed by atoms with E-state index in [0.717, 1.165) is 61.5 Å². The summed E-state index contributed by atoms with van der Waals surface area (Å²) < 4.78 is 7.42. The van der Waals surface area contributed by atoms with Crippen molar-refractivity contribution in [2.75, 3.05) is 19.6 Å². The Hall–Kier alpha value is -2.37. The number of piperidine rings is 1. The zero-order chi connectivity index (χ0) is 22.3. The molecule has 5 rings (SSSR count). The van der Waals surface area contributed by atoms with E-state index in [4.69, 9.17) is 4.74 Å². The van der Waals surface area contributed by atoms with Crippen molar-refractivity contribution in [3.8, 4) is 5.75 Å². The maximum atomic E-state index is 12.7. The summed E-state index contributed by atoms with van der Waals surface area (Å²) in [4.78, 5) is 16.0. The monoisotopic (exact) mass is 448 g/mol. The summed E-state index contributed by atoms with van der Waals surface area (Å²) in [5.41, 5.74) is 3.77. The molecule has 1 aromatic heterocycles. The highest BCUT2D eigenvalue weighted by atomic mass is 32.1. The maximum absolute atomic E-state index is 12.7. The number of nitrogens with one attached hydrogen (secondary N) is 1. The topological polar surface area (TPSA) is 41.6 Å². The van der Waals surface area contributed by atoms with Gasteiger partial charge in [-0.3, -0.25) is 9.69 Å². The summed E-state index contributed by atoms with van der Waals surface area (Å²) in [5, 5.41) is 4.35. The number of fused-ring (bicyclic) bond motifs is 2. The van der Waals surface area contributed by atoms with E-state index in [1.807, 2.05) is 6.07 Å². The van der Waals surface area contributed by atoms with Crippen LogP contribution in [0.1, 0.15) is 53.1 Å². The van der Waals surface area contributed by atoms with Crippen molar-refractivity contribution in [1.29, 1.82) is 0 Å². The zero-order valence-electron chi connectivity index (χ0n) is 19.2. The van der Waals surface area contributed by atoms with E-state index in [2.05, 4.69) is 67.4 Å². The third kappa shape index (κ3) is 4.55. The van der Waals surface area contributed by atoms with Gasteiger partial charge in [0.15, 0.2) is 0 Å². The molecule has 0 radical (unpaired) electrons. The van der Waals surface area contributed by atoms with Crippen LogP contribution in [0.5, 0.6) is 5.75 Å². The van der Waals surface area contributed by atoms with Gasteiger partial charge in [-0.2, -0.15) is 0 Å². The fourth-order valence-electron chi connectivity index (χ4n) is 4.99. The number of carbonyl (C=O) groups is 1. The number of carbonyl (C=O) groups excluding carboxylic acids is 1. The van der Waals surface area contributed by atoms with Crippen LogP contribution in [0.25, 0.3) is 10.1 Å². The van der Waals surface area contributed by atoms with Gasteiger partial charge in [-0.05, 0) is 75.7 Å². The summed E-state index contributed by atoms with van der Waals surface area (Å²) in [6.07, 6.45) is 3.22. The summed E-state index contributed by atoms with van der Waals surface area (Å²) in [7, 11) is 0. The Balaban J connectivity index is 1.12. The van der Waals surface area contributed by atoms with Crippen molar-refractivity contribution < 1.29 is 9.53 Å². The molecule has 32 heavy (non-hydrogen) atoms. The molecular formula is C27H32N2O2S. The Morgan fingerprint density at radius 1 is 1.19 bits per heavy atom. The molecule has 0 aliphatic carbocycles. The number of amides is 1. The Bertz CT molecular complexity index is 1140. The van der Waals surface area contributed by atoms with Crippen LogP contribution < -0.4 is 10.1 Å². The Labute approximate surface area is 194 Å². The normalized spacial score (nSPS) is 18.5. The van der Waals surface area contributed by atoms with Crippen LogP contribution in [-0.2, 0) is 13.0 Å². The van der Waals surface area contributed by atoms with E-state index in [-0.39, 0.29) is 11.5 Å². The molecule has 5 heteroatoms. The summed E-state index contributed by atoms with van der Waals surface area (Å²) in [6, 6.07) is 14.9. The number of aryl methyl sites for hydroxylation is 1. The number of para-hydroxylation sites is 1. The predicted octanol–water partition coefficient (Wildman–Crippen LogP) is 5.57. The Kier molecular flexibility index (Phi) is 5.72. The number of ether oxygens (including phenoxy) is 1. The van der Waals surface area contributed by atoms with Gasteiger partial charge in [-0.15, -0.1) is 11.3 Å². The molecular weight excluding hydrogens is 416 g/mol. The molecule has 1 N–H and O–H groups in total. The molecule has 2 aromatic carbocycles. The molecule has 3 heterocycles. The fraction of sp³-hybridized carbons (Fsp3) is 0.444. The first-order chi connectivity index (χ1) is 15.4. The number of benzene rings is 2. The second-order valence-corrected chi connectivity index (χ2v) is 11.1. The van der Waals surface area contributed by atoms with E-state index in [9.17, 15) is 4.79 Å². The first-order valence-electron chi connectivity index (χ1n) is 11.7. The van der Waals surface area contributed by atoms with Gasteiger partial charge < -0.3 is 10.1 Å². The summed E-state index contributed by atoms with van der Waals surface area (Å²) in [5.74, 6) is 1.71. The third-order valence-electron chi connectivity index (χ3n) is 6.72. The highest BCUT2D eigenvalue weighted by Crippen LogP contribution is 2.38. The van der Waals surface area contributed by atoms with Crippen molar-refractivity contribution in [3.05, 3.63) is 64.0 Å². The van der Waals surface area contributed by atoms with Crippen molar-refractivity contribution in [3.63, 3.8) is 0 Å². The summed E-state index contributed by atoms with van der Waals surface area (Å²) in [6.45, 7) is 10.2. The molecule has 2 aliphatic heterocycles. The molecule has 0 atom stereocenters. The number of likely N-dealkylation sites (tertiary alicyclic amines) is 1. The Morgan fingerprint density at radius 3 is 2.81 bits per heavy atom. The van der Waals surface area contributed by atoms with Crippen LogP contribution in [0.15, 0.2) is 42.5 Å². The van der Waals surface area contributed by atoms with Gasteiger partial charge in [0.2, 0.25) is 0 Å². The molecule has 0 bridgehead atoms. The van der Waals surface area contributed by atoms with Crippen molar-refractivity contribution >= 4 is 27.3 Å². The van der Waals surface area contributed by atoms with Gasteiger partial charge in [0, 0.05) is 29.8 Å². The SMILES string of the molecule is Cc1ccc2sc(C(=O)NCC3CCN(Cc4cccc5c4OC(C)(C)C5)CC3)cc2c1. The lowest BCUT2D eigenvalue weighted by Crippen LogP contribution is -2.38. The second-order valence-electron chi connectivity index (χ2n) is 10.0. The highest BCUT2D eigenvalue weighted by Gasteiger charge is 2.32. The number of hydrogen-bond donors (Lipinski definition) is 1. The number of rotatable bonds is 5. The van der Waals surface area contributed by atoms with Crippen molar-refractivity contribution in [1.82, 2.24) is 10.2 Å². The molecule has 1 fully saturated rings. The van der Waals surface area contributed by atoms with Crippen LogP contribution >= 0.6 is 11.3 Å². The van der Waals surface area contributed by atoms with E-state index in [0.29, 0.717) is 5.92 Å². The van der Waals surface area contributed by atoms with E-state index >= 15 is 0 Å². The van der Waals surface area contributed by atoms with E-state index < -0.39 is 0 Å². The number of thiophene rings is 1.